The molecule has 0 aromatic carbocycles. The molecular formula is C15H25NO4. The van der Waals surface area contributed by atoms with E-state index in [2.05, 4.69) is 5.32 Å². The number of carboxylic acids is 1. The number of rotatable bonds is 7. The quantitative estimate of drug-likeness (QED) is 0.663. The Labute approximate surface area is 119 Å². The first-order chi connectivity index (χ1) is 9.51. The summed E-state index contributed by atoms with van der Waals surface area (Å²) in [5, 5.41) is 21.6. The Hall–Kier alpha value is -1.10. The fourth-order valence-electron chi connectivity index (χ4n) is 3.31. The maximum atomic E-state index is 12.0. The molecule has 5 heteroatoms. The van der Waals surface area contributed by atoms with Gasteiger partial charge < -0.3 is 15.5 Å². The summed E-state index contributed by atoms with van der Waals surface area (Å²) in [6, 6.07) is 0. The first-order valence-electron chi connectivity index (χ1n) is 7.67. The van der Waals surface area contributed by atoms with Gasteiger partial charge in [0, 0.05) is 13.0 Å². The number of nitrogens with one attached hydrogen (secondary N) is 1. The van der Waals surface area contributed by atoms with E-state index in [-0.39, 0.29) is 24.2 Å². The molecule has 5 nitrogen and oxygen atoms in total. The van der Waals surface area contributed by atoms with Gasteiger partial charge in [-0.05, 0) is 37.0 Å². The topological polar surface area (TPSA) is 86.6 Å². The van der Waals surface area contributed by atoms with Crippen molar-refractivity contribution in [2.24, 2.45) is 11.3 Å². The van der Waals surface area contributed by atoms with Gasteiger partial charge in [-0.15, -0.1) is 0 Å². The van der Waals surface area contributed by atoms with Gasteiger partial charge in [0.2, 0.25) is 5.91 Å². The number of aliphatic hydroxyl groups is 1. The number of carbonyl (C=O) groups is 2. The van der Waals surface area contributed by atoms with Crippen LogP contribution in [0.3, 0.4) is 0 Å². The lowest BCUT2D eigenvalue weighted by Gasteiger charge is -2.35. The van der Waals surface area contributed by atoms with Gasteiger partial charge in [0.1, 0.15) is 0 Å². The summed E-state index contributed by atoms with van der Waals surface area (Å²) in [6.45, 7) is 0.298. The van der Waals surface area contributed by atoms with Gasteiger partial charge in [0.05, 0.1) is 12.5 Å². The van der Waals surface area contributed by atoms with Crippen molar-refractivity contribution in [1.29, 1.82) is 0 Å². The maximum Gasteiger partial charge on any atom is 0.303 e. The first kappa shape index (κ1) is 15.3. The van der Waals surface area contributed by atoms with Crippen LogP contribution in [0.1, 0.15) is 57.8 Å². The molecule has 2 rings (SSSR count). The van der Waals surface area contributed by atoms with Crippen LogP contribution >= 0.6 is 0 Å². The highest BCUT2D eigenvalue weighted by atomic mass is 16.4. The average molecular weight is 283 g/mol. The minimum atomic E-state index is -0.822. The third kappa shape index (κ3) is 4.47. The molecule has 1 amide bonds. The molecule has 0 bridgehead atoms. The van der Waals surface area contributed by atoms with Gasteiger partial charge in [-0.3, -0.25) is 9.59 Å². The molecule has 0 aromatic heterocycles. The summed E-state index contributed by atoms with van der Waals surface area (Å²) >= 11 is 0. The van der Waals surface area contributed by atoms with Crippen LogP contribution in [0.4, 0.5) is 0 Å². The zero-order valence-corrected chi connectivity index (χ0v) is 11.9. The maximum absolute atomic E-state index is 12.0. The number of aliphatic carboxylic acids is 1. The molecule has 0 aromatic rings. The van der Waals surface area contributed by atoms with E-state index in [9.17, 15) is 14.7 Å². The van der Waals surface area contributed by atoms with E-state index in [0.29, 0.717) is 12.5 Å². The normalized spacial score (nSPS) is 23.1. The Morgan fingerprint density at radius 3 is 2.35 bits per heavy atom. The summed E-state index contributed by atoms with van der Waals surface area (Å²) in [6.07, 6.45) is 6.76. The Morgan fingerprint density at radius 1 is 1.15 bits per heavy atom. The minimum Gasteiger partial charge on any atom is -0.481 e. The number of carbonyl (C=O) groups excluding carboxylic acids is 1. The fourth-order valence-corrected chi connectivity index (χ4v) is 3.31. The highest BCUT2D eigenvalue weighted by Gasteiger charge is 2.37. The summed E-state index contributed by atoms with van der Waals surface area (Å²) in [4.78, 5) is 23.1. The van der Waals surface area contributed by atoms with Crippen molar-refractivity contribution in [1.82, 2.24) is 5.32 Å². The average Bonchev–Trinajstić information content (AvgIpc) is 3.20. The van der Waals surface area contributed by atoms with E-state index in [0.717, 1.165) is 44.9 Å². The van der Waals surface area contributed by atoms with E-state index < -0.39 is 12.1 Å². The molecule has 20 heavy (non-hydrogen) atoms. The van der Waals surface area contributed by atoms with E-state index in [1.807, 2.05) is 0 Å². The van der Waals surface area contributed by atoms with Crippen LogP contribution in [0.2, 0.25) is 0 Å². The number of hydrogen-bond donors (Lipinski definition) is 3. The third-order valence-corrected chi connectivity index (χ3v) is 4.65. The van der Waals surface area contributed by atoms with Crippen LogP contribution in [-0.2, 0) is 9.59 Å². The number of carboxylic acid groups (broad SMARTS) is 1. The van der Waals surface area contributed by atoms with Crippen LogP contribution in [0.25, 0.3) is 0 Å². The first-order valence-corrected chi connectivity index (χ1v) is 7.67. The molecule has 2 aliphatic carbocycles. The van der Waals surface area contributed by atoms with Crippen molar-refractivity contribution >= 4 is 11.9 Å². The zero-order valence-electron chi connectivity index (χ0n) is 11.9. The van der Waals surface area contributed by atoms with Crippen LogP contribution in [0, 0.1) is 11.3 Å². The van der Waals surface area contributed by atoms with E-state index in [4.69, 9.17) is 5.11 Å². The lowest BCUT2D eigenvalue weighted by molar-refractivity contribution is -0.141. The molecule has 0 saturated heterocycles. The molecule has 2 aliphatic rings. The smallest absolute Gasteiger partial charge is 0.303 e. The van der Waals surface area contributed by atoms with Crippen LogP contribution < -0.4 is 5.32 Å². The Morgan fingerprint density at radius 2 is 1.80 bits per heavy atom. The van der Waals surface area contributed by atoms with Crippen molar-refractivity contribution < 1.29 is 19.8 Å². The molecule has 0 spiro atoms. The summed E-state index contributed by atoms with van der Waals surface area (Å²) < 4.78 is 0. The second-order valence-electron chi connectivity index (χ2n) is 6.52. The van der Waals surface area contributed by atoms with Crippen molar-refractivity contribution in [2.45, 2.75) is 63.9 Å². The monoisotopic (exact) mass is 283 g/mol. The molecule has 1 unspecified atom stereocenters. The number of amides is 1. The Balaban J connectivity index is 1.82. The predicted molar refractivity (Wildman–Crippen MR) is 74.1 cm³/mol. The van der Waals surface area contributed by atoms with Crippen molar-refractivity contribution in [3.63, 3.8) is 0 Å². The van der Waals surface area contributed by atoms with E-state index in [1.54, 1.807) is 0 Å². The second kappa shape index (κ2) is 6.57. The standard InChI is InChI=1S/C15H25NO4/c17-12(11-4-5-11)10-16-13(18)8-15(9-14(19)20)6-2-1-3-7-15/h11-12,17H,1-10H2,(H,16,18)(H,19,20). The molecule has 2 saturated carbocycles. The van der Waals surface area contributed by atoms with Gasteiger partial charge in [-0.25, -0.2) is 0 Å². The molecule has 0 aliphatic heterocycles. The molecular weight excluding hydrogens is 258 g/mol. The van der Waals surface area contributed by atoms with Crippen molar-refractivity contribution in [2.75, 3.05) is 6.54 Å². The van der Waals surface area contributed by atoms with Crippen LogP contribution in [-0.4, -0.2) is 34.7 Å². The van der Waals surface area contributed by atoms with Crippen LogP contribution in [0.15, 0.2) is 0 Å². The number of hydrogen-bond acceptors (Lipinski definition) is 3. The van der Waals surface area contributed by atoms with Gasteiger partial charge in [0.25, 0.3) is 0 Å². The molecule has 0 radical (unpaired) electrons. The Bertz CT molecular complexity index is 359. The summed E-state index contributed by atoms with van der Waals surface area (Å²) in [5.74, 6) is -0.594. The lowest BCUT2D eigenvalue weighted by Crippen LogP contribution is -2.38. The summed E-state index contributed by atoms with van der Waals surface area (Å²) in [7, 11) is 0. The highest BCUT2D eigenvalue weighted by molar-refractivity contribution is 5.78. The molecule has 114 valence electrons. The van der Waals surface area contributed by atoms with E-state index >= 15 is 0 Å². The molecule has 0 heterocycles. The zero-order chi connectivity index (χ0) is 14.6. The number of aliphatic hydroxyl groups excluding tert-OH is 1. The SMILES string of the molecule is O=C(O)CC1(CC(=O)NCC(O)C2CC2)CCCCC1. The third-order valence-electron chi connectivity index (χ3n) is 4.65. The van der Waals surface area contributed by atoms with Crippen LogP contribution in [0.5, 0.6) is 0 Å². The van der Waals surface area contributed by atoms with Crippen molar-refractivity contribution in [3.8, 4) is 0 Å². The summed E-state index contributed by atoms with van der Waals surface area (Å²) in [5.41, 5.74) is -0.376. The minimum absolute atomic E-state index is 0.0750. The van der Waals surface area contributed by atoms with E-state index in [1.165, 1.54) is 0 Å². The second-order valence-corrected chi connectivity index (χ2v) is 6.52. The predicted octanol–water partition coefficient (Wildman–Crippen LogP) is 1.69. The molecule has 3 N–H and O–H groups in total. The largest absolute Gasteiger partial charge is 0.481 e. The van der Waals surface area contributed by atoms with Gasteiger partial charge in [-0.2, -0.15) is 0 Å². The lowest BCUT2D eigenvalue weighted by atomic mass is 9.69. The Kier molecular flexibility index (Phi) is 5.02. The molecule has 1 atom stereocenters. The fraction of sp³-hybridized carbons (Fsp3) is 0.867. The van der Waals surface area contributed by atoms with Gasteiger partial charge >= 0.3 is 5.97 Å². The van der Waals surface area contributed by atoms with Gasteiger partial charge in [0.15, 0.2) is 0 Å². The highest BCUT2D eigenvalue weighted by Crippen LogP contribution is 2.42. The molecule has 2 fully saturated rings. The van der Waals surface area contributed by atoms with Crippen molar-refractivity contribution in [3.05, 3.63) is 0 Å². The van der Waals surface area contributed by atoms with Gasteiger partial charge in [-0.1, -0.05) is 19.3 Å².